The molecule has 0 spiro atoms. The number of carbonyl (C=O) groups excluding carboxylic acids is 2. The van der Waals surface area contributed by atoms with Crippen molar-refractivity contribution in [1.82, 2.24) is 10.2 Å². The fourth-order valence-corrected chi connectivity index (χ4v) is 1.78. The maximum Gasteiger partial charge on any atom is 0.331 e. The van der Waals surface area contributed by atoms with Gasteiger partial charge in [-0.2, -0.15) is 0 Å². The minimum atomic E-state index is -1.01. The third kappa shape index (κ3) is 6.74. The summed E-state index contributed by atoms with van der Waals surface area (Å²) in [6.45, 7) is 9.22. The van der Waals surface area contributed by atoms with Crippen molar-refractivity contribution in [2.24, 2.45) is 5.41 Å². The van der Waals surface area contributed by atoms with Gasteiger partial charge in [0.15, 0.2) is 0 Å². The molecule has 2 N–H and O–H groups in total. The van der Waals surface area contributed by atoms with Crippen LogP contribution < -0.4 is 5.32 Å². The van der Waals surface area contributed by atoms with Gasteiger partial charge in [-0.15, -0.1) is 0 Å². The minimum Gasteiger partial charge on any atom is -0.478 e. The number of aliphatic carboxylic acids is 1. The summed E-state index contributed by atoms with van der Waals surface area (Å²) in [7, 11) is 1.60. The lowest BCUT2D eigenvalue weighted by Crippen LogP contribution is -2.54. The van der Waals surface area contributed by atoms with E-state index >= 15 is 0 Å². The molecule has 6 heteroatoms. The highest BCUT2D eigenvalue weighted by atomic mass is 16.4. The van der Waals surface area contributed by atoms with E-state index in [1.54, 1.807) is 7.05 Å². The molecule has 0 saturated carbocycles. The summed E-state index contributed by atoms with van der Waals surface area (Å²) in [6, 6.07) is -0.643. The van der Waals surface area contributed by atoms with Crippen molar-refractivity contribution in [3.05, 3.63) is 11.6 Å². The van der Waals surface area contributed by atoms with Crippen LogP contribution >= 0.6 is 0 Å². The summed E-state index contributed by atoms with van der Waals surface area (Å²) in [4.78, 5) is 36.5. The number of carboxylic acids is 1. The zero-order valence-electron chi connectivity index (χ0n) is 14.4. The van der Waals surface area contributed by atoms with Crippen molar-refractivity contribution < 1.29 is 19.5 Å². The molecule has 6 nitrogen and oxygen atoms in total. The van der Waals surface area contributed by atoms with Crippen LogP contribution in [0.4, 0.5) is 0 Å². The minimum absolute atomic E-state index is 0.151. The molecule has 0 unspecified atom stereocenters. The zero-order valence-corrected chi connectivity index (χ0v) is 14.4. The Bertz CT molecular complexity index is 450. The number of nitrogens with zero attached hydrogens (tertiary/aromatic N) is 1. The molecule has 0 fully saturated rings. The summed E-state index contributed by atoms with van der Waals surface area (Å²) in [6.07, 6.45) is 2.57. The molecular weight excluding hydrogens is 284 g/mol. The quantitative estimate of drug-likeness (QED) is 0.702. The lowest BCUT2D eigenvalue weighted by atomic mass is 9.85. The summed E-state index contributed by atoms with van der Waals surface area (Å²) in [5.74, 6) is -1.39. The van der Waals surface area contributed by atoms with Crippen LogP contribution in [-0.2, 0) is 14.4 Å². The van der Waals surface area contributed by atoms with Gasteiger partial charge in [-0.3, -0.25) is 9.59 Å². The molecule has 0 heterocycles. The number of amides is 2. The molecule has 0 aliphatic carbocycles. The monoisotopic (exact) mass is 312 g/mol. The van der Waals surface area contributed by atoms with Gasteiger partial charge in [0.1, 0.15) is 6.04 Å². The standard InChI is InChI=1S/C16H28N2O4/c1-7-8-12(19)17-13(16(3,4)5)14(20)18(6)10-9-11(2)15(21)22/h9,13H,7-8,10H2,1-6H3,(H,17,19)(H,21,22)/b11-9+/t13-/m1/s1. The molecule has 2 amide bonds. The molecule has 0 radical (unpaired) electrons. The Hall–Kier alpha value is -1.85. The number of rotatable bonds is 7. The van der Waals surface area contributed by atoms with E-state index in [2.05, 4.69) is 5.32 Å². The number of carbonyl (C=O) groups is 3. The average molecular weight is 312 g/mol. The van der Waals surface area contributed by atoms with Crippen LogP contribution in [0.1, 0.15) is 47.5 Å². The van der Waals surface area contributed by atoms with Crippen molar-refractivity contribution in [3.63, 3.8) is 0 Å². The van der Waals surface area contributed by atoms with Gasteiger partial charge in [0.05, 0.1) is 0 Å². The number of likely N-dealkylation sites (N-methyl/N-ethyl adjacent to an activating group) is 1. The summed E-state index contributed by atoms with van der Waals surface area (Å²) < 4.78 is 0. The van der Waals surface area contributed by atoms with Crippen LogP contribution in [-0.4, -0.2) is 47.4 Å². The van der Waals surface area contributed by atoms with Crippen LogP contribution in [0.15, 0.2) is 11.6 Å². The van der Waals surface area contributed by atoms with Gasteiger partial charge >= 0.3 is 5.97 Å². The highest BCUT2D eigenvalue weighted by Crippen LogP contribution is 2.21. The fraction of sp³-hybridized carbons (Fsp3) is 0.688. The Morgan fingerprint density at radius 3 is 2.23 bits per heavy atom. The summed E-state index contributed by atoms with van der Waals surface area (Å²) in [5, 5.41) is 11.6. The topological polar surface area (TPSA) is 86.7 Å². The van der Waals surface area contributed by atoms with Gasteiger partial charge in [-0.1, -0.05) is 33.8 Å². The largest absolute Gasteiger partial charge is 0.478 e. The Balaban J connectivity index is 5.00. The first kappa shape index (κ1) is 20.1. The van der Waals surface area contributed by atoms with Gasteiger partial charge in [-0.25, -0.2) is 4.79 Å². The highest BCUT2D eigenvalue weighted by molar-refractivity contribution is 5.89. The molecule has 126 valence electrons. The van der Waals surface area contributed by atoms with E-state index in [4.69, 9.17) is 5.11 Å². The Morgan fingerprint density at radius 2 is 1.82 bits per heavy atom. The van der Waals surface area contributed by atoms with E-state index in [1.807, 2.05) is 27.7 Å². The second-order valence-corrected chi connectivity index (χ2v) is 6.53. The maximum atomic E-state index is 12.5. The van der Waals surface area contributed by atoms with Gasteiger partial charge in [0, 0.05) is 25.6 Å². The van der Waals surface area contributed by atoms with E-state index in [9.17, 15) is 14.4 Å². The molecule has 0 bridgehead atoms. The highest BCUT2D eigenvalue weighted by Gasteiger charge is 2.34. The normalized spacial score (nSPS) is 13.5. The molecule has 0 aliphatic heterocycles. The van der Waals surface area contributed by atoms with Crippen molar-refractivity contribution >= 4 is 17.8 Å². The molecule has 22 heavy (non-hydrogen) atoms. The van der Waals surface area contributed by atoms with Gasteiger partial charge in [0.2, 0.25) is 11.8 Å². The van der Waals surface area contributed by atoms with E-state index in [1.165, 1.54) is 17.9 Å². The van der Waals surface area contributed by atoms with E-state index in [0.29, 0.717) is 12.8 Å². The number of hydrogen-bond donors (Lipinski definition) is 2. The molecule has 1 atom stereocenters. The van der Waals surface area contributed by atoms with E-state index in [-0.39, 0.29) is 23.9 Å². The first-order chi connectivity index (χ1) is 10.0. The lowest BCUT2D eigenvalue weighted by Gasteiger charge is -2.33. The third-order valence-electron chi connectivity index (χ3n) is 3.28. The Labute approximate surface area is 132 Å². The molecule has 0 aromatic heterocycles. The van der Waals surface area contributed by atoms with Gasteiger partial charge < -0.3 is 15.3 Å². The first-order valence-corrected chi connectivity index (χ1v) is 7.45. The molecular formula is C16H28N2O4. The number of carboxylic acid groups (broad SMARTS) is 1. The van der Waals surface area contributed by atoms with E-state index < -0.39 is 17.4 Å². The van der Waals surface area contributed by atoms with Crippen LogP contribution in [0, 0.1) is 5.41 Å². The van der Waals surface area contributed by atoms with Gasteiger partial charge in [0.25, 0.3) is 0 Å². The molecule has 0 aromatic carbocycles. The van der Waals surface area contributed by atoms with Crippen molar-refractivity contribution in [2.75, 3.05) is 13.6 Å². The lowest BCUT2D eigenvalue weighted by molar-refractivity contribution is -0.138. The van der Waals surface area contributed by atoms with Gasteiger partial charge in [-0.05, 0) is 18.8 Å². The maximum absolute atomic E-state index is 12.5. The smallest absolute Gasteiger partial charge is 0.331 e. The fourth-order valence-electron chi connectivity index (χ4n) is 1.78. The predicted molar refractivity (Wildman–Crippen MR) is 85.3 cm³/mol. The third-order valence-corrected chi connectivity index (χ3v) is 3.28. The van der Waals surface area contributed by atoms with Crippen LogP contribution in [0.2, 0.25) is 0 Å². The van der Waals surface area contributed by atoms with E-state index in [0.717, 1.165) is 0 Å². The average Bonchev–Trinajstić information content (AvgIpc) is 2.39. The second-order valence-electron chi connectivity index (χ2n) is 6.53. The SMILES string of the molecule is CCCC(=O)N[C@H](C(=O)N(C)C/C=C(\C)C(=O)O)C(C)(C)C. The van der Waals surface area contributed by atoms with Crippen molar-refractivity contribution in [3.8, 4) is 0 Å². The summed E-state index contributed by atoms with van der Waals surface area (Å²) >= 11 is 0. The molecule has 0 aromatic rings. The van der Waals surface area contributed by atoms with Crippen LogP contribution in [0.3, 0.4) is 0 Å². The molecule has 0 aliphatic rings. The van der Waals surface area contributed by atoms with Crippen molar-refractivity contribution in [1.29, 1.82) is 0 Å². The van der Waals surface area contributed by atoms with Crippen LogP contribution in [0.5, 0.6) is 0 Å². The Kier molecular flexibility index (Phi) is 7.84. The summed E-state index contributed by atoms with van der Waals surface area (Å²) in [5.41, 5.74) is -0.248. The van der Waals surface area contributed by atoms with Crippen LogP contribution in [0.25, 0.3) is 0 Å². The van der Waals surface area contributed by atoms with Crippen molar-refractivity contribution in [2.45, 2.75) is 53.5 Å². The molecule has 0 rings (SSSR count). The number of nitrogens with one attached hydrogen (secondary N) is 1. The first-order valence-electron chi connectivity index (χ1n) is 7.45. The molecule has 0 saturated heterocycles. The number of hydrogen-bond acceptors (Lipinski definition) is 3. The zero-order chi connectivity index (χ0) is 17.5. The second kappa shape index (κ2) is 8.56. The predicted octanol–water partition coefficient (Wildman–Crippen LogP) is 1.81. The Morgan fingerprint density at radius 1 is 1.27 bits per heavy atom.